The van der Waals surface area contributed by atoms with Gasteiger partial charge in [-0.05, 0) is 35.6 Å². The molecule has 0 aliphatic rings. The lowest BCUT2D eigenvalue weighted by Gasteiger charge is -2.20. The van der Waals surface area contributed by atoms with Gasteiger partial charge in [-0.25, -0.2) is 0 Å². The van der Waals surface area contributed by atoms with Crippen LogP contribution in [0, 0.1) is 0 Å². The van der Waals surface area contributed by atoms with Gasteiger partial charge in [-0.15, -0.1) is 11.3 Å². The van der Waals surface area contributed by atoms with Gasteiger partial charge in [0.25, 0.3) is 5.91 Å². The minimum Gasteiger partial charge on any atom is -0.389 e. The average Bonchev–Trinajstić information content (AvgIpc) is 2.94. The monoisotopic (exact) mass is 304 g/mol. The third kappa shape index (κ3) is 2.73. The van der Waals surface area contributed by atoms with Gasteiger partial charge in [0, 0.05) is 12.6 Å². The Kier molecular flexibility index (Phi) is 4.52. The van der Waals surface area contributed by atoms with Gasteiger partial charge in [-0.2, -0.15) is 0 Å². The van der Waals surface area contributed by atoms with Crippen LogP contribution in [0.2, 0.25) is 0 Å². The second-order valence-corrected chi connectivity index (χ2v) is 5.73. The first kappa shape index (κ1) is 14.7. The molecule has 3 nitrogen and oxygen atoms in total. The molecule has 0 saturated heterocycles. The van der Waals surface area contributed by atoms with Crippen LogP contribution in [0.1, 0.15) is 27.7 Å². The fraction of sp³-hybridized carbons (Fsp3) is 0.200. The smallest absolute Gasteiger partial charge is 0.268 e. The van der Waals surface area contributed by atoms with Crippen LogP contribution in [0.3, 0.4) is 0 Å². The summed E-state index contributed by atoms with van der Waals surface area (Å²) in [5, 5.41) is 1.94. The second kappa shape index (κ2) is 6.15. The van der Waals surface area contributed by atoms with E-state index in [0.29, 0.717) is 10.6 Å². The zero-order chi connectivity index (χ0) is 14.7. The Morgan fingerprint density at radius 1 is 1.35 bits per heavy atom. The highest BCUT2D eigenvalue weighted by atomic mass is 32.1. The number of anilines is 1. The molecule has 0 saturated carbocycles. The fourth-order valence-electron chi connectivity index (χ4n) is 2.04. The molecule has 1 heterocycles. The van der Waals surface area contributed by atoms with Gasteiger partial charge in [-0.1, -0.05) is 31.3 Å². The Labute approximate surface area is 128 Å². The van der Waals surface area contributed by atoms with Gasteiger partial charge in [0.15, 0.2) is 0 Å². The largest absolute Gasteiger partial charge is 0.389 e. The quantitative estimate of drug-likeness (QED) is 0.882. The molecule has 0 aliphatic heterocycles. The molecule has 0 radical (unpaired) electrons. The standard InChI is InChI=1S/C15H16N2OS2/c1-3-10-8-9-20-13(10)15(18)17(2)12-7-5-4-6-11(12)14(16)19/h4-9H,3H2,1-2H3,(H2,16,19). The number of rotatable bonds is 4. The number of para-hydroxylation sites is 1. The van der Waals surface area contributed by atoms with Crippen molar-refractivity contribution >= 4 is 40.1 Å². The van der Waals surface area contributed by atoms with Gasteiger partial charge in [0.2, 0.25) is 0 Å². The van der Waals surface area contributed by atoms with Crippen LogP contribution in [0.25, 0.3) is 0 Å². The van der Waals surface area contributed by atoms with Gasteiger partial charge < -0.3 is 10.6 Å². The molecule has 0 unspecified atom stereocenters. The van der Waals surface area contributed by atoms with Crippen molar-refractivity contribution < 1.29 is 4.79 Å². The summed E-state index contributed by atoms with van der Waals surface area (Å²) in [5.74, 6) is -0.0273. The Morgan fingerprint density at radius 2 is 2.05 bits per heavy atom. The molecule has 1 aromatic carbocycles. The molecule has 2 aromatic rings. The minimum absolute atomic E-state index is 0.0273. The molecular formula is C15H16N2OS2. The van der Waals surface area contributed by atoms with E-state index < -0.39 is 0 Å². The maximum Gasteiger partial charge on any atom is 0.268 e. The summed E-state index contributed by atoms with van der Waals surface area (Å²) in [6.45, 7) is 2.04. The highest BCUT2D eigenvalue weighted by Crippen LogP contribution is 2.25. The van der Waals surface area contributed by atoms with E-state index in [1.807, 2.05) is 42.6 Å². The Balaban J connectivity index is 2.39. The number of nitrogens with zero attached hydrogens (tertiary/aromatic N) is 1. The molecule has 0 atom stereocenters. The number of carbonyl (C=O) groups is 1. The maximum atomic E-state index is 12.6. The summed E-state index contributed by atoms with van der Waals surface area (Å²) in [6.07, 6.45) is 0.843. The molecule has 20 heavy (non-hydrogen) atoms. The predicted molar refractivity (Wildman–Crippen MR) is 88.8 cm³/mol. The average molecular weight is 304 g/mol. The fourth-order valence-corrected chi connectivity index (χ4v) is 3.18. The van der Waals surface area contributed by atoms with E-state index in [1.165, 1.54) is 11.3 Å². The predicted octanol–water partition coefficient (Wildman–Crippen LogP) is 3.22. The number of thiophene rings is 1. The van der Waals surface area contributed by atoms with Gasteiger partial charge in [0.1, 0.15) is 4.99 Å². The van der Waals surface area contributed by atoms with E-state index in [1.54, 1.807) is 11.9 Å². The number of nitrogens with two attached hydrogens (primary N) is 1. The lowest BCUT2D eigenvalue weighted by atomic mass is 10.1. The summed E-state index contributed by atoms with van der Waals surface area (Å²) in [4.78, 5) is 15.3. The second-order valence-electron chi connectivity index (χ2n) is 4.37. The van der Waals surface area contributed by atoms with E-state index in [4.69, 9.17) is 18.0 Å². The number of carbonyl (C=O) groups excluding carboxylic acids is 1. The van der Waals surface area contributed by atoms with E-state index in [0.717, 1.165) is 22.5 Å². The highest BCUT2D eigenvalue weighted by molar-refractivity contribution is 7.80. The van der Waals surface area contributed by atoms with Gasteiger partial charge in [0.05, 0.1) is 10.6 Å². The first-order chi connectivity index (χ1) is 9.56. The summed E-state index contributed by atoms with van der Waals surface area (Å²) in [5.41, 5.74) is 8.24. The molecule has 0 aliphatic carbocycles. The maximum absolute atomic E-state index is 12.6. The number of benzene rings is 1. The number of amides is 1. The van der Waals surface area contributed by atoms with Crippen LogP contribution >= 0.6 is 23.6 Å². The number of thiocarbonyl (C=S) groups is 1. The third-order valence-corrected chi connectivity index (χ3v) is 4.32. The highest BCUT2D eigenvalue weighted by Gasteiger charge is 2.20. The molecule has 1 aromatic heterocycles. The normalized spacial score (nSPS) is 10.3. The van der Waals surface area contributed by atoms with Crippen molar-refractivity contribution in [3.63, 3.8) is 0 Å². The molecule has 2 rings (SSSR count). The molecular weight excluding hydrogens is 288 g/mol. The Bertz CT molecular complexity index is 649. The van der Waals surface area contributed by atoms with Crippen LogP contribution in [0.4, 0.5) is 5.69 Å². The van der Waals surface area contributed by atoms with Gasteiger partial charge >= 0.3 is 0 Å². The number of hydrogen-bond acceptors (Lipinski definition) is 3. The van der Waals surface area contributed by atoms with E-state index in [9.17, 15) is 4.79 Å². The van der Waals surface area contributed by atoms with Crippen molar-refractivity contribution in [2.75, 3.05) is 11.9 Å². The first-order valence-corrected chi connectivity index (χ1v) is 7.58. The summed E-state index contributed by atoms with van der Waals surface area (Å²) in [7, 11) is 1.75. The SMILES string of the molecule is CCc1ccsc1C(=O)N(C)c1ccccc1C(N)=S. The third-order valence-electron chi connectivity index (χ3n) is 3.16. The molecule has 0 spiro atoms. The lowest BCUT2D eigenvalue weighted by Crippen LogP contribution is -2.28. The van der Waals surface area contributed by atoms with E-state index in [-0.39, 0.29) is 5.91 Å². The lowest BCUT2D eigenvalue weighted by molar-refractivity contribution is 0.0996. The summed E-state index contributed by atoms with van der Waals surface area (Å²) >= 11 is 6.51. The Hall–Kier alpha value is -1.72. The van der Waals surface area contributed by atoms with Crippen molar-refractivity contribution in [2.24, 2.45) is 5.73 Å². The van der Waals surface area contributed by atoms with E-state index >= 15 is 0 Å². The minimum atomic E-state index is -0.0273. The van der Waals surface area contributed by atoms with Crippen LogP contribution in [-0.4, -0.2) is 17.9 Å². The molecule has 0 bridgehead atoms. The number of aryl methyl sites for hydroxylation is 1. The van der Waals surface area contributed by atoms with Crippen molar-refractivity contribution in [1.82, 2.24) is 0 Å². The topological polar surface area (TPSA) is 46.3 Å². The molecule has 2 N–H and O–H groups in total. The van der Waals surface area contributed by atoms with Crippen LogP contribution in [0.15, 0.2) is 35.7 Å². The summed E-state index contributed by atoms with van der Waals surface area (Å²) in [6, 6.07) is 9.41. The molecule has 1 amide bonds. The van der Waals surface area contributed by atoms with Crippen molar-refractivity contribution in [3.8, 4) is 0 Å². The van der Waals surface area contributed by atoms with Gasteiger partial charge in [-0.3, -0.25) is 4.79 Å². The molecule has 0 fully saturated rings. The zero-order valence-electron chi connectivity index (χ0n) is 11.4. The zero-order valence-corrected chi connectivity index (χ0v) is 13.1. The molecule has 5 heteroatoms. The molecule has 104 valence electrons. The van der Waals surface area contributed by atoms with E-state index in [2.05, 4.69) is 0 Å². The van der Waals surface area contributed by atoms with Crippen LogP contribution < -0.4 is 10.6 Å². The van der Waals surface area contributed by atoms with Crippen molar-refractivity contribution in [3.05, 3.63) is 51.7 Å². The van der Waals surface area contributed by atoms with Crippen LogP contribution in [-0.2, 0) is 6.42 Å². The van der Waals surface area contributed by atoms with Crippen molar-refractivity contribution in [2.45, 2.75) is 13.3 Å². The first-order valence-electron chi connectivity index (χ1n) is 6.29. The summed E-state index contributed by atoms with van der Waals surface area (Å²) < 4.78 is 0. The Morgan fingerprint density at radius 3 is 2.70 bits per heavy atom. The van der Waals surface area contributed by atoms with Crippen molar-refractivity contribution in [1.29, 1.82) is 0 Å². The number of hydrogen-bond donors (Lipinski definition) is 1. The van der Waals surface area contributed by atoms with Crippen LogP contribution in [0.5, 0.6) is 0 Å².